The molecular formula is C34H27Br5N4O8. The number of hydrogen-bond acceptors (Lipinski definition) is 10. The molecule has 0 spiro atoms. The molecule has 12 nitrogen and oxygen atoms in total. The molecule has 266 valence electrons. The molecule has 2 amide bonds. The highest BCUT2D eigenvalue weighted by Crippen LogP contribution is 2.44. The van der Waals surface area contributed by atoms with Crippen LogP contribution in [0, 0.1) is 0 Å². The van der Waals surface area contributed by atoms with Crippen LogP contribution in [-0.4, -0.2) is 57.0 Å². The Morgan fingerprint density at radius 2 is 1.00 bits per heavy atom. The molecule has 0 atom stereocenters. The van der Waals surface area contributed by atoms with Crippen molar-refractivity contribution in [2.45, 2.75) is 25.7 Å². The van der Waals surface area contributed by atoms with Gasteiger partial charge in [-0.25, -0.2) is 0 Å². The first-order valence-corrected chi connectivity index (χ1v) is 19.0. The average Bonchev–Trinajstić information content (AvgIpc) is 3.08. The van der Waals surface area contributed by atoms with Crippen LogP contribution < -0.4 is 20.1 Å². The molecule has 4 aliphatic heterocycles. The lowest BCUT2D eigenvalue weighted by Crippen LogP contribution is -2.33. The fourth-order valence-electron chi connectivity index (χ4n) is 5.03. The van der Waals surface area contributed by atoms with Crippen molar-refractivity contribution in [3.8, 4) is 34.5 Å². The van der Waals surface area contributed by atoms with E-state index in [-0.39, 0.29) is 70.6 Å². The van der Waals surface area contributed by atoms with Gasteiger partial charge in [-0.3, -0.25) is 9.59 Å². The van der Waals surface area contributed by atoms with Gasteiger partial charge in [-0.1, -0.05) is 16.4 Å². The Balaban J connectivity index is 1.47. The predicted molar refractivity (Wildman–Crippen MR) is 207 cm³/mol. The van der Waals surface area contributed by atoms with Crippen molar-refractivity contribution in [3.05, 3.63) is 99.2 Å². The zero-order chi connectivity index (χ0) is 36.8. The lowest BCUT2D eigenvalue weighted by molar-refractivity contribution is -0.115. The van der Waals surface area contributed by atoms with Crippen molar-refractivity contribution in [1.82, 2.24) is 10.6 Å². The molecule has 0 saturated heterocycles. The third-order valence-electron chi connectivity index (χ3n) is 7.57. The lowest BCUT2D eigenvalue weighted by atomic mass is 10.1. The number of ether oxygens (including phenoxy) is 2. The molecule has 4 aromatic rings. The van der Waals surface area contributed by atoms with Crippen molar-refractivity contribution in [3.63, 3.8) is 0 Å². The number of benzene rings is 4. The van der Waals surface area contributed by atoms with E-state index in [2.05, 4.69) is 101 Å². The van der Waals surface area contributed by atoms with Gasteiger partial charge in [0.1, 0.15) is 17.2 Å². The quantitative estimate of drug-likeness (QED) is 0.0752. The molecule has 8 bridgehead atoms. The predicted octanol–water partition coefficient (Wildman–Crippen LogP) is 8.27. The second-order valence-electron chi connectivity index (χ2n) is 11.2. The molecule has 6 N–H and O–H groups in total. The summed E-state index contributed by atoms with van der Waals surface area (Å²) in [6, 6.07) is 15.2. The fourth-order valence-corrected chi connectivity index (χ4v) is 7.96. The van der Waals surface area contributed by atoms with Gasteiger partial charge in [-0.2, -0.15) is 0 Å². The topological polar surface area (TPSA) is 182 Å². The summed E-state index contributed by atoms with van der Waals surface area (Å²) in [5, 5.41) is 52.9. The number of oxime groups is 2. The van der Waals surface area contributed by atoms with E-state index in [1.807, 2.05) is 12.1 Å². The minimum Gasteiger partial charge on any atom is -0.503 e. The van der Waals surface area contributed by atoms with Gasteiger partial charge in [0.25, 0.3) is 11.8 Å². The average molecular weight is 1020 g/mol. The van der Waals surface area contributed by atoms with Gasteiger partial charge in [0.15, 0.2) is 28.7 Å². The number of carbonyl (C=O) groups excluding carboxylic acids is 2. The fraction of sp³-hybridized carbons (Fsp3) is 0.176. The third kappa shape index (κ3) is 9.62. The second-order valence-corrected chi connectivity index (χ2v) is 15.4. The van der Waals surface area contributed by atoms with E-state index in [4.69, 9.17) is 9.47 Å². The Morgan fingerprint density at radius 3 is 1.55 bits per heavy atom. The van der Waals surface area contributed by atoms with Crippen LogP contribution in [0.15, 0.2) is 87.3 Å². The summed E-state index contributed by atoms with van der Waals surface area (Å²) in [5.74, 6) is -0.543. The molecule has 0 saturated carbocycles. The van der Waals surface area contributed by atoms with Crippen LogP contribution in [0.1, 0.15) is 22.3 Å². The number of nitrogens with one attached hydrogen (secondary N) is 2. The van der Waals surface area contributed by atoms with Crippen molar-refractivity contribution in [2.24, 2.45) is 10.3 Å². The molecule has 0 fully saturated rings. The summed E-state index contributed by atoms with van der Waals surface area (Å²) in [7, 11) is 0. The van der Waals surface area contributed by atoms with E-state index in [0.717, 1.165) is 11.1 Å². The first kappa shape index (κ1) is 38.6. The molecule has 17 heteroatoms. The molecule has 51 heavy (non-hydrogen) atoms. The monoisotopic (exact) mass is 1010 g/mol. The number of carbonyl (C=O) groups is 2. The summed E-state index contributed by atoms with van der Waals surface area (Å²) in [5.41, 5.74) is 2.39. The largest absolute Gasteiger partial charge is 0.503 e. The number of phenols is 2. The molecule has 0 aliphatic carbocycles. The lowest BCUT2D eigenvalue weighted by Gasteiger charge is -2.16. The van der Waals surface area contributed by atoms with Crippen LogP contribution in [0.4, 0.5) is 0 Å². The van der Waals surface area contributed by atoms with Crippen molar-refractivity contribution in [1.29, 1.82) is 0 Å². The standard InChI is InChI=1S/C34H27Br5N4O8/c35-20-7-16-1-2-27(20)50-28-14-17(8-21(36)30(28)44)4-6-41-33(46)25(42-48)12-18-10-23(38)32(24(39)11-18)51-29-15-19(9-22(37)31(29)45)13-26(43-49)34(47)40-5-3-16/h1-2,7-11,14-15,44-45,48-49H,3-6,12-13H2,(H,40,47)(H,41,46)/b42-25-,43-26+. The maximum atomic E-state index is 13.0. The number of halogens is 5. The normalized spacial score (nSPS) is 16.2. The molecule has 4 heterocycles. The molecule has 0 aromatic heterocycles. The van der Waals surface area contributed by atoms with Gasteiger partial charge in [0, 0.05) is 25.9 Å². The number of rotatable bonds is 0. The van der Waals surface area contributed by atoms with Gasteiger partial charge in [-0.05, 0) is 163 Å². The van der Waals surface area contributed by atoms with E-state index in [1.165, 1.54) is 6.07 Å². The van der Waals surface area contributed by atoms with E-state index < -0.39 is 11.8 Å². The van der Waals surface area contributed by atoms with Crippen molar-refractivity contribution >= 4 is 103 Å². The Morgan fingerprint density at radius 1 is 0.549 bits per heavy atom. The first-order valence-electron chi connectivity index (χ1n) is 15.0. The van der Waals surface area contributed by atoms with E-state index in [9.17, 15) is 30.2 Å². The van der Waals surface area contributed by atoms with Crippen LogP contribution in [-0.2, 0) is 35.3 Å². The van der Waals surface area contributed by atoms with Gasteiger partial charge >= 0.3 is 0 Å². The zero-order valence-electron chi connectivity index (χ0n) is 26.1. The maximum absolute atomic E-state index is 13.0. The SMILES string of the molecule is O=C1NCCc2cc(Br)c(O)c(c2)Oc2ccc(cc2Br)CCNC(=O)/C(=N/O)Cc2cc(Br)c(O)c(c2)Oc2c(Br)cc(cc2Br)C/C1=N/O. The van der Waals surface area contributed by atoms with Gasteiger partial charge in [-0.15, -0.1) is 0 Å². The summed E-state index contributed by atoms with van der Waals surface area (Å²) in [6.07, 6.45) is 0.677. The number of hydrogen-bond donors (Lipinski definition) is 6. The maximum Gasteiger partial charge on any atom is 0.269 e. The van der Waals surface area contributed by atoms with E-state index in [1.54, 1.807) is 36.4 Å². The summed E-state index contributed by atoms with van der Waals surface area (Å²) < 4.78 is 14.3. The molecule has 0 radical (unpaired) electrons. The van der Waals surface area contributed by atoms with Crippen molar-refractivity contribution < 1.29 is 39.7 Å². The minimum atomic E-state index is -0.585. The molecular weight excluding hydrogens is 992 g/mol. The summed E-state index contributed by atoms with van der Waals surface area (Å²) in [6.45, 7) is 0.418. The highest BCUT2D eigenvalue weighted by Gasteiger charge is 2.21. The van der Waals surface area contributed by atoms with Crippen LogP contribution in [0.5, 0.6) is 34.5 Å². The third-order valence-corrected chi connectivity index (χ3v) is 10.6. The highest BCUT2D eigenvalue weighted by molar-refractivity contribution is 9.11. The van der Waals surface area contributed by atoms with Crippen LogP contribution in [0.3, 0.4) is 0 Å². The van der Waals surface area contributed by atoms with Crippen LogP contribution in [0.2, 0.25) is 0 Å². The van der Waals surface area contributed by atoms with Gasteiger partial charge in [0.05, 0.1) is 22.4 Å². The summed E-state index contributed by atoms with van der Waals surface area (Å²) >= 11 is 17.2. The number of aromatic hydroxyl groups is 2. The Labute approximate surface area is 333 Å². The molecule has 8 rings (SSSR count). The number of amides is 2. The Bertz CT molecular complexity index is 2050. The zero-order valence-corrected chi connectivity index (χ0v) is 34.1. The second kappa shape index (κ2) is 17.3. The minimum absolute atomic E-state index is 0.0339. The first-order chi connectivity index (χ1) is 24.4. The number of nitrogens with zero attached hydrogens (tertiary/aromatic N) is 2. The van der Waals surface area contributed by atoms with Gasteiger partial charge in [0.2, 0.25) is 0 Å². The van der Waals surface area contributed by atoms with E-state index in [0.29, 0.717) is 47.6 Å². The smallest absolute Gasteiger partial charge is 0.269 e. The Kier molecular flexibility index (Phi) is 13.1. The molecule has 4 aromatic carbocycles. The van der Waals surface area contributed by atoms with Crippen molar-refractivity contribution in [2.75, 3.05) is 13.1 Å². The van der Waals surface area contributed by atoms with E-state index >= 15 is 0 Å². The number of phenolic OH excluding ortho intramolecular Hbond substituents is 2. The van der Waals surface area contributed by atoms with Crippen LogP contribution >= 0.6 is 79.6 Å². The summed E-state index contributed by atoms with van der Waals surface area (Å²) in [4.78, 5) is 26.0. The van der Waals surface area contributed by atoms with Gasteiger partial charge < -0.3 is 40.7 Å². The Hall–Kier alpha value is -3.64. The molecule has 0 unspecified atom stereocenters. The molecule has 4 aliphatic rings. The van der Waals surface area contributed by atoms with Crippen LogP contribution in [0.25, 0.3) is 0 Å². The highest BCUT2D eigenvalue weighted by atomic mass is 79.9.